The minimum Gasteiger partial charge on any atom is -0.487 e. The molecule has 1 heterocycles. The van der Waals surface area contributed by atoms with E-state index in [2.05, 4.69) is 0 Å². The normalized spacial score (nSPS) is 14.7. The largest absolute Gasteiger partial charge is 0.487 e. The third-order valence-corrected chi connectivity index (χ3v) is 4.27. The predicted molar refractivity (Wildman–Crippen MR) is 90.0 cm³/mol. The lowest BCUT2D eigenvalue weighted by Gasteiger charge is -2.33. The third kappa shape index (κ3) is 3.72. The predicted octanol–water partition coefficient (Wildman–Crippen LogP) is 3.79. The average Bonchev–Trinajstić information content (AvgIpc) is 2.64. The number of nitriles is 1. The zero-order chi connectivity index (χ0) is 18.7. The first-order valence-corrected chi connectivity index (χ1v) is 8.03. The smallest absolute Gasteiger partial charge is 0.293 e. The number of hydrogen-bond donors (Lipinski definition) is 0. The molecule has 0 amide bonds. The summed E-state index contributed by atoms with van der Waals surface area (Å²) in [5, 5.41) is 20.2. The van der Waals surface area contributed by atoms with Crippen LogP contribution in [0, 0.1) is 33.1 Å². The number of rotatable bonds is 4. The minimum absolute atomic E-state index is 0.00537. The van der Waals surface area contributed by atoms with Crippen molar-refractivity contribution in [1.29, 1.82) is 5.26 Å². The van der Waals surface area contributed by atoms with Crippen molar-refractivity contribution in [3.8, 4) is 11.8 Å². The van der Waals surface area contributed by atoms with E-state index in [4.69, 9.17) is 10.00 Å². The first-order valence-electron chi connectivity index (χ1n) is 8.03. The maximum atomic E-state index is 13.7. The summed E-state index contributed by atoms with van der Waals surface area (Å²) >= 11 is 0. The van der Waals surface area contributed by atoms with E-state index in [-0.39, 0.29) is 23.1 Å². The van der Waals surface area contributed by atoms with Crippen molar-refractivity contribution in [2.45, 2.75) is 18.9 Å². The highest BCUT2D eigenvalue weighted by Crippen LogP contribution is 2.32. The Bertz CT molecular complexity index is 874. The molecule has 0 atom stereocenters. The van der Waals surface area contributed by atoms with Crippen LogP contribution in [0.15, 0.2) is 36.4 Å². The van der Waals surface area contributed by atoms with Gasteiger partial charge in [0.2, 0.25) is 0 Å². The summed E-state index contributed by atoms with van der Waals surface area (Å²) in [4.78, 5) is 12.6. The van der Waals surface area contributed by atoms with Crippen molar-refractivity contribution in [3.63, 3.8) is 0 Å². The van der Waals surface area contributed by atoms with Crippen molar-refractivity contribution in [2.24, 2.45) is 0 Å². The lowest BCUT2D eigenvalue weighted by atomic mass is 10.1. The molecule has 8 heteroatoms. The number of halogens is 2. The van der Waals surface area contributed by atoms with Crippen LogP contribution in [0.2, 0.25) is 0 Å². The quantitative estimate of drug-likeness (QED) is 0.613. The van der Waals surface area contributed by atoms with Crippen LogP contribution in [0.1, 0.15) is 18.4 Å². The summed E-state index contributed by atoms with van der Waals surface area (Å²) in [6.45, 7) is 0.973. The second-order valence-corrected chi connectivity index (χ2v) is 5.95. The maximum absolute atomic E-state index is 13.7. The van der Waals surface area contributed by atoms with Gasteiger partial charge < -0.3 is 9.64 Å². The number of piperidine rings is 1. The van der Waals surface area contributed by atoms with Gasteiger partial charge in [0.1, 0.15) is 17.6 Å². The van der Waals surface area contributed by atoms with Crippen LogP contribution in [-0.2, 0) is 0 Å². The Morgan fingerprint density at radius 3 is 2.54 bits per heavy atom. The van der Waals surface area contributed by atoms with Crippen LogP contribution >= 0.6 is 0 Å². The number of nitrogens with zero attached hydrogens (tertiary/aromatic N) is 3. The Morgan fingerprint density at radius 2 is 1.92 bits per heavy atom. The van der Waals surface area contributed by atoms with E-state index in [0.29, 0.717) is 31.6 Å². The molecule has 0 N–H and O–H groups in total. The van der Waals surface area contributed by atoms with Crippen molar-refractivity contribution in [2.75, 3.05) is 18.0 Å². The second kappa shape index (κ2) is 7.35. The highest BCUT2D eigenvalue weighted by Gasteiger charge is 2.26. The molecule has 2 aromatic rings. The highest BCUT2D eigenvalue weighted by atomic mass is 19.1. The first kappa shape index (κ1) is 17.6. The van der Waals surface area contributed by atoms with Crippen LogP contribution in [-0.4, -0.2) is 24.1 Å². The summed E-state index contributed by atoms with van der Waals surface area (Å²) in [5.41, 5.74) is 0.555. The molecule has 0 saturated carbocycles. The van der Waals surface area contributed by atoms with E-state index < -0.39 is 16.6 Å². The lowest BCUT2D eigenvalue weighted by molar-refractivity contribution is -0.384. The Morgan fingerprint density at radius 1 is 1.19 bits per heavy atom. The number of benzene rings is 2. The van der Waals surface area contributed by atoms with E-state index in [0.717, 1.165) is 12.1 Å². The standard InChI is InChI=1S/C18H15F2N3O3/c19-13-2-4-18(15(20)10-13)26-14-5-7-22(8-6-14)16-3-1-12(11-21)9-17(16)23(24)25/h1-4,9-10,14H,5-8H2. The van der Waals surface area contributed by atoms with Gasteiger partial charge in [0.25, 0.3) is 5.69 Å². The number of anilines is 1. The first-order chi connectivity index (χ1) is 12.5. The topological polar surface area (TPSA) is 79.4 Å². The molecule has 1 aliphatic heterocycles. The molecule has 1 aliphatic rings. The van der Waals surface area contributed by atoms with Gasteiger partial charge in [0.05, 0.1) is 16.6 Å². The zero-order valence-corrected chi connectivity index (χ0v) is 13.7. The van der Waals surface area contributed by atoms with Crippen LogP contribution < -0.4 is 9.64 Å². The lowest BCUT2D eigenvalue weighted by Crippen LogP contribution is -2.38. The Kier molecular flexibility index (Phi) is 4.98. The minimum atomic E-state index is -0.754. The summed E-state index contributed by atoms with van der Waals surface area (Å²) in [6, 6.07) is 9.41. The van der Waals surface area contributed by atoms with E-state index >= 15 is 0 Å². The van der Waals surface area contributed by atoms with Gasteiger partial charge >= 0.3 is 0 Å². The average molecular weight is 359 g/mol. The van der Waals surface area contributed by atoms with Gasteiger partial charge in [-0.25, -0.2) is 8.78 Å². The van der Waals surface area contributed by atoms with Crippen molar-refractivity contribution in [1.82, 2.24) is 0 Å². The molecule has 0 radical (unpaired) electrons. The van der Waals surface area contributed by atoms with Gasteiger partial charge in [-0.1, -0.05) is 0 Å². The van der Waals surface area contributed by atoms with Crippen molar-refractivity contribution >= 4 is 11.4 Å². The number of hydrogen-bond acceptors (Lipinski definition) is 5. The molecule has 0 bridgehead atoms. The second-order valence-electron chi connectivity index (χ2n) is 5.95. The van der Waals surface area contributed by atoms with Gasteiger partial charge in [0, 0.05) is 38.1 Å². The Balaban J connectivity index is 1.69. The van der Waals surface area contributed by atoms with Gasteiger partial charge in [-0.15, -0.1) is 0 Å². The van der Waals surface area contributed by atoms with Crippen molar-refractivity contribution in [3.05, 3.63) is 63.7 Å². The molecule has 6 nitrogen and oxygen atoms in total. The molecule has 0 aliphatic carbocycles. The van der Waals surface area contributed by atoms with Gasteiger partial charge in [-0.3, -0.25) is 10.1 Å². The molecule has 2 aromatic carbocycles. The number of nitro benzene ring substituents is 1. The fourth-order valence-electron chi connectivity index (χ4n) is 2.97. The van der Waals surface area contributed by atoms with Gasteiger partial charge in [-0.05, 0) is 24.3 Å². The number of ether oxygens (including phenoxy) is 1. The molecular weight excluding hydrogens is 344 g/mol. The molecule has 0 unspecified atom stereocenters. The van der Waals surface area contributed by atoms with Crippen molar-refractivity contribution < 1.29 is 18.4 Å². The SMILES string of the molecule is N#Cc1ccc(N2CCC(Oc3ccc(F)cc3F)CC2)c([N+](=O)[O-])c1. The zero-order valence-electron chi connectivity index (χ0n) is 13.7. The number of nitro groups is 1. The molecule has 0 aromatic heterocycles. The van der Waals surface area contributed by atoms with E-state index in [1.165, 1.54) is 12.1 Å². The van der Waals surface area contributed by atoms with E-state index in [9.17, 15) is 18.9 Å². The summed E-state index contributed by atoms with van der Waals surface area (Å²) < 4.78 is 32.2. The molecule has 134 valence electrons. The van der Waals surface area contributed by atoms with Crippen LogP contribution in [0.5, 0.6) is 5.75 Å². The molecule has 0 spiro atoms. The van der Waals surface area contributed by atoms with Crippen LogP contribution in [0.3, 0.4) is 0 Å². The fourth-order valence-corrected chi connectivity index (χ4v) is 2.97. The highest BCUT2D eigenvalue weighted by molar-refractivity contribution is 5.65. The molecular formula is C18H15F2N3O3. The Hall–Kier alpha value is -3.21. The van der Waals surface area contributed by atoms with E-state index in [1.807, 2.05) is 11.0 Å². The van der Waals surface area contributed by atoms with E-state index in [1.54, 1.807) is 12.1 Å². The maximum Gasteiger partial charge on any atom is 0.293 e. The fraction of sp³-hybridized carbons (Fsp3) is 0.278. The van der Waals surface area contributed by atoms with Gasteiger partial charge in [-0.2, -0.15) is 5.26 Å². The summed E-state index contributed by atoms with van der Waals surface area (Å²) in [5.74, 6) is -1.43. The molecule has 1 fully saturated rings. The summed E-state index contributed by atoms with van der Waals surface area (Å²) in [7, 11) is 0. The van der Waals surface area contributed by atoms with Crippen LogP contribution in [0.4, 0.5) is 20.2 Å². The Labute approximate surface area is 148 Å². The summed E-state index contributed by atoms with van der Waals surface area (Å²) in [6.07, 6.45) is 0.811. The molecule has 3 rings (SSSR count). The third-order valence-electron chi connectivity index (χ3n) is 4.27. The van der Waals surface area contributed by atoms with Crippen LogP contribution in [0.25, 0.3) is 0 Å². The molecule has 1 saturated heterocycles. The monoisotopic (exact) mass is 359 g/mol. The van der Waals surface area contributed by atoms with Gasteiger partial charge in [0.15, 0.2) is 11.6 Å². The molecule has 26 heavy (non-hydrogen) atoms.